The van der Waals surface area contributed by atoms with E-state index in [1.165, 1.54) is 12.8 Å². The normalized spacial score (nSPS) is 15.5. The summed E-state index contributed by atoms with van der Waals surface area (Å²) in [5.41, 5.74) is 1.68. The number of hydrogen-bond acceptors (Lipinski definition) is 3. The van der Waals surface area contributed by atoms with Gasteiger partial charge in [0.1, 0.15) is 5.82 Å². The number of hydrogen-bond donors (Lipinski definition) is 1. The molecule has 1 aliphatic carbocycles. The first-order valence-electron chi connectivity index (χ1n) is 7.62. The Balaban J connectivity index is 1.70. The van der Waals surface area contributed by atoms with Crippen molar-refractivity contribution in [3.8, 4) is 0 Å². The van der Waals surface area contributed by atoms with E-state index in [0.29, 0.717) is 24.1 Å². The molecule has 0 bridgehead atoms. The van der Waals surface area contributed by atoms with E-state index in [4.69, 9.17) is 4.74 Å². The highest BCUT2D eigenvalue weighted by Gasteiger charge is 2.30. The van der Waals surface area contributed by atoms with E-state index < -0.39 is 0 Å². The monoisotopic (exact) mass is 299 g/mol. The van der Waals surface area contributed by atoms with Crippen molar-refractivity contribution in [3.63, 3.8) is 0 Å². The molecule has 22 heavy (non-hydrogen) atoms. The summed E-state index contributed by atoms with van der Waals surface area (Å²) in [6.45, 7) is 2.70. The van der Waals surface area contributed by atoms with E-state index in [0.717, 1.165) is 11.4 Å². The molecule has 0 radical (unpaired) electrons. The highest BCUT2D eigenvalue weighted by atomic mass is 16.5. The molecule has 5 heteroatoms. The van der Waals surface area contributed by atoms with E-state index in [1.807, 2.05) is 35.0 Å². The predicted molar refractivity (Wildman–Crippen MR) is 84.8 cm³/mol. The first-order chi connectivity index (χ1) is 10.7. The van der Waals surface area contributed by atoms with Crippen molar-refractivity contribution < 1.29 is 9.53 Å². The van der Waals surface area contributed by atoms with Gasteiger partial charge in [-0.2, -0.15) is 5.10 Å². The predicted octanol–water partition coefficient (Wildman–Crippen LogP) is 3.25. The van der Waals surface area contributed by atoms with Crippen molar-refractivity contribution in [2.45, 2.75) is 32.4 Å². The van der Waals surface area contributed by atoms with Crippen LogP contribution in [0.1, 0.15) is 41.7 Å². The molecule has 0 aliphatic heterocycles. The van der Waals surface area contributed by atoms with Gasteiger partial charge in [-0.25, -0.2) is 4.68 Å². The van der Waals surface area contributed by atoms with Crippen molar-refractivity contribution in [3.05, 3.63) is 47.7 Å². The largest absolute Gasteiger partial charge is 0.380 e. The first-order valence-corrected chi connectivity index (χ1v) is 7.62. The Hall–Kier alpha value is -2.14. The van der Waals surface area contributed by atoms with E-state index in [2.05, 4.69) is 17.3 Å². The minimum atomic E-state index is -0.117. The zero-order valence-electron chi connectivity index (χ0n) is 13.0. The van der Waals surface area contributed by atoms with Crippen LogP contribution in [-0.4, -0.2) is 22.8 Å². The number of ether oxygens (including phenoxy) is 1. The molecule has 1 atom stereocenters. The molecule has 3 rings (SSSR count). The van der Waals surface area contributed by atoms with E-state index in [-0.39, 0.29) is 5.91 Å². The van der Waals surface area contributed by atoms with Gasteiger partial charge in [-0.3, -0.25) is 4.79 Å². The molecular weight excluding hydrogens is 278 g/mol. The van der Waals surface area contributed by atoms with Gasteiger partial charge in [0.25, 0.3) is 5.91 Å². The lowest BCUT2D eigenvalue weighted by Gasteiger charge is -2.15. The van der Waals surface area contributed by atoms with Gasteiger partial charge in [0.2, 0.25) is 0 Å². The van der Waals surface area contributed by atoms with Crippen LogP contribution in [0.15, 0.2) is 36.5 Å². The number of carbonyl (C=O) groups excluding carboxylic acids is 1. The molecule has 1 heterocycles. The third kappa shape index (κ3) is 3.20. The average Bonchev–Trinajstić information content (AvgIpc) is 3.28. The SMILES string of the molecule is COCc1ccc(C(=O)Nc2ccnn2C(C)C2CC2)cc1. The van der Waals surface area contributed by atoms with Gasteiger partial charge in [-0.1, -0.05) is 12.1 Å². The molecule has 2 aromatic rings. The Bertz CT molecular complexity index is 644. The molecule has 1 N–H and O–H groups in total. The number of rotatable bonds is 6. The van der Waals surface area contributed by atoms with Crippen LogP contribution >= 0.6 is 0 Å². The molecule has 5 nitrogen and oxygen atoms in total. The number of aromatic nitrogens is 2. The number of nitrogens with zero attached hydrogens (tertiary/aromatic N) is 2. The van der Waals surface area contributed by atoms with Crippen LogP contribution in [0.3, 0.4) is 0 Å². The highest BCUT2D eigenvalue weighted by molar-refractivity contribution is 6.03. The molecule has 1 unspecified atom stereocenters. The number of methoxy groups -OCH3 is 1. The first kappa shape index (κ1) is 14.8. The summed E-state index contributed by atoms with van der Waals surface area (Å²) in [5, 5.41) is 7.30. The van der Waals surface area contributed by atoms with Crippen molar-refractivity contribution in [1.82, 2.24) is 9.78 Å². The van der Waals surface area contributed by atoms with Crippen LogP contribution in [0.25, 0.3) is 0 Å². The smallest absolute Gasteiger partial charge is 0.256 e. The number of nitrogens with one attached hydrogen (secondary N) is 1. The Kier molecular flexibility index (Phi) is 4.24. The fourth-order valence-corrected chi connectivity index (χ4v) is 2.62. The maximum atomic E-state index is 12.4. The summed E-state index contributed by atoms with van der Waals surface area (Å²) < 4.78 is 6.98. The van der Waals surface area contributed by atoms with Gasteiger partial charge in [0.15, 0.2) is 0 Å². The zero-order chi connectivity index (χ0) is 15.5. The van der Waals surface area contributed by atoms with E-state index in [9.17, 15) is 4.79 Å². The molecule has 1 aromatic heterocycles. The Morgan fingerprint density at radius 2 is 2.09 bits per heavy atom. The standard InChI is InChI=1S/C17H21N3O2/c1-12(14-7-8-14)20-16(9-10-18-20)19-17(21)15-5-3-13(4-6-15)11-22-2/h3-6,9-10,12,14H,7-8,11H2,1-2H3,(H,19,21). The molecule has 0 spiro atoms. The number of benzene rings is 1. The van der Waals surface area contributed by atoms with Gasteiger partial charge < -0.3 is 10.1 Å². The lowest BCUT2D eigenvalue weighted by molar-refractivity contribution is 0.102. The lowest BCUT2D eigenvalue weighted by Crippen LogP contribution is -2.18. The summed E-state index contributed by atoms with van der Waals surface area (Å²) in [7, 11) is 1.66. The third-order valence-electron chi connectivity index (χ3n) is 4.13. The summed E-state index contributed by atoms with van der Waals surface area (Å²) >= 11 is 0. The van der Waals surface area contributed by atoms with Crippen LogP contribution in [0.2, 0.25) is 0 Å². The number of anilines is 1. The third-order valence-corrected chi connectivity index (χ3v) is 4.13. The van der Waals surface area contributed by atoms with Crippen LogP contribution in [0, 0.1) is 5.92 Å². The maximum Gasteiger partial charge on any atom is 0.256 e. The Morgan fingerprint density at radius 3 is 2.73 bits per heavy atom. The average molecular weight is 299 g/mol. The van der Waals surface area contributed by atoms with Gasteiger partial charge in [0, 0.05) is 18.7 Å². The summed E-state index contributed by atoms with van der Waals surface area (Å²) in [5.74, 6) is 1.32. The lowest BCUT2D eigenvalue weighted by atomic mass is 10.1. The summed E-state index contributed by atoms with van der Waals surface area (Å²) in [6.07, 6.45) is 4.22. The number of carbonyl (C=O) groups is 1. The van der Waals surface area contributed by atoms with Gasteiger partial charge in [-0.05, 0) is 43.4 Å². The molecule has 1 aromatic carbocycles. The second-order valence-corrected chi connectivity index (χ2v) is 5.82. The molecule has 0 saturated heterocycles. The molecule has 1 aliphatic rings. The summed E-state index contributed by atoms with van der Waals surface area (Å²) in [6, 6.07) is 9.61. The molecule has 1 amide bonds. The molecule has 116 valence electrons. The molecule has 1 fully saturated rings. The molecule has 1 saturated carbocycles. The minimum Gasteiger partial charge on any atom is -0.380 e. The second kappa shape index (κ2) is 6.32. The van der Waals surface area contributed by atoms with Gasteiger partial charge in [0.05, 0.1) is 18.8 Å². The minimum absolute atomic E-state index is 0.117. The van der Waals surface area contributed by atoms with Crippen molar-refractivity contribution >= 4 is 11.7 Å². The van der Waals surface area contributed by atoms with Gasteiger partial charge in [-0.15, -0.1) is 0 Å². The maximum absolute atomic E-state index is 12.4. The topological polar surface area (TPSA) is 56.1 Å². The van der Waals surface area contributed by atoms with Crippen molar-refractivity contribution in [2.75, 3.05) is 12.4 Å². The van der Waals surface area contributed by atoms with Crippen LogP contribution < -0.4 is 5.32 Å². The second-order valence-electron chi connectivity index (χ2n) is 5.82. The fourth-order valence-electron chi connectivity index (χ4n) is 2.62. The quantitative estimate of drug-likeness (QED) is 0.890. The van der Waals surface area contributed by atoms with Crippen molar-refractivity contribution in [1.29, 1.82) is 0 Å². The van der Waals surface area contributed by atoms with Crippen LogP contribution in [-0.2, 0) is 11.3 Å². The highest BCUT2D eigenvalue weighted by Crippen LogP contribution is 2.40. The van der Waals surface area contributed by atoms with Crippen LogP contribution in [0.4, 0.5) is 5.82 Å². The van der Waals surface area contributed by atoms with E-state index >= 15 is 0 Å². The van der Waals surface area contributed by atoms with E-state index in [1.54, 1.807) is 13.3 Å². The zero-order valence-corrected chi connectivity index (χ0v) is 13.0. The van der Waals surface area contributed by atoms with Crippen LogP contribution in [0.5, 0.6) is 0 Å². The Labute approximate surface area is 130 Å². The fraction of sp³-hybridized carbons (Fsp3) is 0.412. The number of amides is 1. The van der Waals surface area contributed by atoms with Gasteiger partial charge >= 0.3 is 0 Å². The Morgan fingerprint density at radius 1 is 1.36 bits per heavy atom. The van der Waals surface area contributed by atoms with Crippen molar-refractivity contribution in [2.24, 2.45) is 5.92 Å². The summed E-state index contributed by atoms with van der Waals surface area (Å²) in [4.78, 5) is 12.4. The molecular formula is C17H21N3O2.